The first-order valence-corrected chi connectivity index (χ1v) is 6.27. The Labute approximate surface area is 103 Å². The van der Waals surface area contributed by atoms with E-state index >= 15 is 0 Å². The van der Waals surface area contributed by atoms with Crippen LogP contribution < -0.4 is 4.74 Å². The van der Waals surface area contributed by atoms with E-state index in [1.807, 2.05) is 12.1 Å². The van der Waals surface area contributed by atoms with Gasteiger partial charge >= 0.3 is 0 Å². The zero-order valence-corrected chi connectivity index (χ0v) is 10.7. The molecule has 1 heterocycles. The Morgan fingerprint density at radius 3 is 2.82 bits per heavy atom. The molecule has 1 aliphatic heterocycles. The fourth-order valence-electron chi connectivity index (χ4n) is 2.02. The summed E-state index contributed by atoms with van der Waals surface area (Å²) in [6.07, 6.45) is 0.350. The lowest BCUT2D eigenvalue weighted by Gasteiger charge is -2.30. The van der Waals surface area contributed by atoms with Crippen molar-refractivity contribution >= 4 is 0 Å². The van der Waals surface area contributed by atoms with E-state index in [9.17, 15) is 0 Å². The average Bonchev–Trinajstić information content (AvgIpc) is 2.32. The van der Waals surface area contributed by atoms with Crippen molar-refractivity contribution in [3.05, 3.63) is 29.8 Å². The van der Waals surface area contributed by atoms with Gasteiger partial charge in [-0.3, -0.25) is 4.90 Å². The SMILES string of the molecule is Cc1ccc(OCCN2CCOC(C)C2)cc1. The van der Waals surface area contributed by atoms with Gasteiger partial charge in [-0.15, -0.1) is 0 Å². The van der Waals surface area contributed by atoms with Gasteiger partial charge in [0.05, 0.1) is 12.7 Å². The Morgan fingerprint density at radius 2 is 2.12 bits per heavy atom. The van der Waals surface area contributed by atoms with Gasteiger partial charge in [0, 0.05) is 19.6 Å². The van der Waals surface area contributed by atoms with Crippen molar-refractivity contribution in [3.8, 4) is 5.75 Å². The number of morpholine rings is 1. The van der Waals surface area contributed by atoms with Crippen molar-refractivity contribution in [3.63, 3.8) is 0 Å². The van der Waals surface area contributed by atoms with Crippen LogP contribution in [0, 0.1) is 6.92 Å². The molecule has 3 nitrogen and oxygen atoms in total. The summed E-state index contributed by atoms with van der Waals surface area (Å²) < 4.78 is 11.2. The van der Waals surface area contributed by atoms with Crippen LogP contribution in [0.5, 0.6) is 5.75 Å². The molecular formula is C14H21NO2. The molecule has 1 atom stereocenters. The van der Waals surface area contributed by atoms with Gasteiger partial charge in [0.2, 0.25) is 0 Å². The molecule has 0 bridgehead atoms. The van der Waals surface area contributed by atoms with Gasteiger partial charge in [-0.2, -0.15) is 0 Å². The molecule has 94 valence electrons. The van der Waals surface area contributed by atoms with Crippen molar-refractivity contribution in [1.29, 1.82) is 0 Å². The highest BCUT2D eigenvalue weighted by molar-refractivity contribution is 5.26. The molecule has 1 aliphatic rings. The maximum absolute atomic E-state index is 5.72. The molecule has 1 aromatic rings. The van der Waals surface area contributed by atoms with Crippen molar-refractivity contribution in [2.45, 2.75) is 20.0 Å². The van der Waals surface area contributed by atoms with Gasteiger partial charge in [0.1, 0.15) is 12.4 Å². The van der Waals surface area contributed by atoms with Gasteiger partial charge in [0.15, 0.2) is 0 Å². The molecule has 3 heteroatoms. The lowest BCUT2D eigenvalue weighted by atomic mass is 10.2. The minimum Gasteiger partial charge on any atom is -0.492 e. The van der Waals surface area contributed by atoms with E-state index in [4.69, 9.17) is 9.47 Å². The molecule has 0 radical (unpaired) electrons. The summed E-state index contributed by atoms with van der Waals surface area (Å²) in [7, 11) is 0. The van der Waals surface area contributed by atoms with E-state index < -0.39 is 0 Å². The predicted octanol–water partition coefficient (Wildman–Crippen LogP) is 2.09. The Kier molecular flexibility index (Phi) is 4.40. The normalized spacial score (nSPS) is 21.4. The van der Waals surface area contributed by atoms with Crippen LogP contribution in [0.4, 0.5) is 0 Å². The molecule has 1 unspecified atom stereocenters. The van der Waals surface area contributed by atoms with E-state index in [0.717, 1.165) is 38.6 Å². The molecule has 17 heavy (non-hydrogen) atoms. The molecule has 0 aliphatic carbocycles. The summed E-state index contributed by atoms with van der Waals surface area (Å²) in [5, 5.41) is 0. The molecular weight excluding hydrogens is 214 g/mol. The third kappa shape index (κ3) is 4.02. The summed E-state index contributed by atoms with van der Waals surface area (Å²) in [6.45, 7) is 8.79. The Balaban J connectivity index is 1.70. The van der Waals surface area contributed by atoms with Crippen molar-refractivity contribution in [2.24, 2.45) is 0 Å². The molecule has 1 fully saturated rings. The van der Waals surface area contributed by atoms with Gasteiger partial charge in [-0.1, -0.05) is 17.7 Å². The molecule has 0 N–H and O–H groups in total. The number of ether oxygens (including phenoxy) is 2. The number of aryl methyl sites for hydroxylation is 1. The van der Waals surface area contributed by atoms with Crippen LogP contribution in [0.15, 0.2) is 24.3 Å². The summed E-state index contributed by atoms with van der Waals surface area (Å²) in [5.74, 6) is 0.955. The van der Waals surface area contributed by atoms with Crippen LogP contribution >= 0.6 is 0 Å². The second kappa shape index (κ2) is 6.03. The van der Waals surface area contributed by atoms with Crippen LogP contribution in [0.25, 0.3) is 0 Å². The molecule has 1 aromatic carbocycles. The zero-order valence-electron chi connectivity index (χ0n) is 10.7. The largest absolute Gasteiger partial charge is 0.492 e. The molecule has 0 spiro atoms. The van der Waals surface area contributed by atoms with Crippen molar-refractivity contribution in [1.82, 2.24) is 4.90 Å². The maximum atomic E-state index is 5.72. The fraction of sp³-hybridized carbons (Fsp3) is 0.571. The molecule has 2 rings (SSSR count). The summed E-state index contributed by atoms with van der Waals surface area (Å²) in [4.78, 5) is 2.39. The van der Waals surface area contributed by atoms with Gasteiger partial charge < -0.3 is 9.47 Å². The number of nitrogens with zero attached hydrogens (tertiary/aromatic N) is 1. The highest BCUT2D eigenvalue weighted by Crippen LogP contribution is 2.11. The van der Waals surface area contributed by atoms with E-state index in [1.165, 1.54) is 5.56 Å². The van der Waals surface area contributed by atoms with Gasteiger partial charge in [-0.25, -0.2) is 0 Å². The van der Waals surface area contributed by atoms with Crippen molar-refractivity contribution in [2.75, 3.05) is 32.8 Å². The first-order valence-electron chi connectivity index (χ1n) is 6.27. The Hall–Kier alpha value is -1.06. The van der Waals surface area contributed by atoms with Crippen LogP contribution in [-0.4, -0.2) is 43.9 Å². The second-order valence-corrected chi connectivity index (χ2v) is 4.64. The third-order valence-corrected chi connectivity index (χ3v) is 3.02. The van der Waals surface area contributed by atoms with E-state index in [0.29, 0.717) is 6.10 Å². The van der Waals surface area contributed by atoms with Gasteiger partial charge in [-0.05, 0) is 26.0 Å². The topological polar surface area (TPSA) is 21.7 Å². The summed E-state index contributed by atoms with van der Waals surface area (Å²) >= 11 is 0. The third-order valence-electron chi connectivity index (χ3n) is 3.02. The summed E-state index contributed by atoms with van der Waals surface area (Å²) in [5.41, 5.74) is 1.26. The van der Waals surface area contributed by atoms with Crippen LogP contribution in [-0.2, 0) is 4.74 Å². The highest BCUT2D eigenvalue weighted by Gasteiger charge is 2.15. The number of hydrogen-bond acceptors (Lipinski definition) is 3. The monoisotopic (exact) mass is 235 g/mol. The Morgan fingerprint density at radius 1 is 1.35 bits per heavy atom. The smallest absolute Gasteiger partial charge is 0.119 e. The molecule has 0 aromatic heterocycles. The number of rotatable bonds is 4. The Bertz CT molecular complexity index is 337. The lowest BCUT2D eigenvalue weighted by molar-refractivity contribution is -0.0214. The summed E-state index contributed by atoms with van der Waals surface area (Å²) in [6, 6.07) is 8.20. The van der Waals surface area contributed by atoms with Crippen LogP contribution in [0.2, 0.25) is 0 Å². The van der Waals surface area contributed by atoms with E-state index in [2.05, 4.69) is 30.9 Å². The maximum Gasteiger partial charge on any atom is 0.119 e. The highest BCUT2D eigenvalue weighted by atomic mass is 16.5. The molecule has 0 amide bonds. The fourth-order valence-corrected chi connectivity index (χ4v) is 2.02. The minimum atomic E-state index is 0.350. The molecule has 1 saturated heterocycles. The average molecular weight is 235 g/mol. The first-order chi connectivity index (χ1) is 8.24. The predicted molar refractivity (Wildman–Crippen MR) is 68.5 cm³/mol. The molecule has 0 saturated carbocycles. The quantitative estimate of drug-likeness (QED) is 0.797. The zero-order chi connectivity index (χ0) is 12.1. The van der Waals surface area contributed by atoms with Crippen molar-refractivity contribution < 1.29 is 9.47 Å². The number of benzene rings is 1. The second-order valence-electron chi connectivity index (χ2n) is 4.64. The minimum absolute atomic E-state index is 0.350. The van der Waals surface area contributed by atoms with Crippen LogP contribution in [0.3, 0.4) is 0 Å². The lowest BCUT2D eigenvalue weighted by Crippen LogP contribution is -2.42. The first kappa shape index (κ1) is 12.4. The number of hydrogen-bond donors (Lipinski definition) is 0. The van der Waals surface area contributed by atoms with E-state index in [1.54, 1.807) is 0 Å². The van der Waals surface area contributed by atoms with Gasteiger partial charge in [0.25, 0.3) is 0 Å². The van der Waals surface area contributed by atoms with E-state index in [-0.39, 0.29) is 0 Å². The van der Waals surface area contributed by atoms with Crippen LogP contribution in [0.1, 0.15) is 12.5 Å². The standard InChI is InChI=1S/C14H21NO2/c1-12-3-5-14(6-4-12)17-10-8-15-7-9-16-13(2)11-15/h3-6,13H,7-11H2,1-2H3.